The van der Waals surface area contributed by atoms with E-state index in [9.17, 15) is 0 Å². The van der Waals surface area contributed by atoms with Gasteiger partial charge in [-0.15, -0.1) is 0 Å². The molecule has 0 aromatic carbocycles. The molecular formula is C12H21N5O. The van der Waals surface area contributed by atoms with Crippen LogP contribution in [-0.2, 0) is 0 Å². The summed E-state index contributed by atoms with van der Waals surface area (Å²) in [5.74, 6) is 1.32. The van der Waals surface area contributed by atoms with Crippen LogP contribution < -0.4 is 15.0 Å². The lowest BCUT2D eigenvalue weighted by Crippen LogP contribution is -2.31. The quantitative estimate of drug-likeness (QED) is 0.859. The Labute approximate surface area is 108 Å². The molecule has 1 aromatic rings. The molecule has 0 saturated carbocycles. The van der Waals surface area contributed by atoms with E-state index in [0.717, 1.165) is 25.6 Å². The van der Waals surface area contributed by atoms with E-state index in [-0.39, 0.29) is 0 Å². The molecule has 0 unspecified atom stereocenters. The van der Waals surface area contributed by atoms with E-state index in [1.807, 2.05) is 13.8 Å². The number of aromatic nitrogens is 3. The fourth-order valence-corrected chi connectivity index (χ4v) is 2.01. The van der Waals surface area contributed by atoms with E-state index in [1.165, 1.54) is 19.3 Å². The molecule has 2 rings (SSSR count). The van der Waals surface area contributed by atoms with Gasteiger partial charge < -0.3 is 15.0 Å². The lowest BCUT2D eigenvalue weighted by Gasteiger charge is -2.26. The Balaban J connectivity index is 2.20. The molecule has 6 nitrogen and oxygen atoms in total. The van der Waals surface area contributed by atoms with Crippen molar-refractivity contribution in [2.45, 2.75) is 33.1 Å². The van der Waals surface area contributed by atoms with Crippen LogP contribution in [0, 0.1) is 0 Å². The van der Waals surface area contributed by atoms with Crippen LogP contribution in [0.5, 0.6) is 6.01 Å². The highest BCUT2D eigenvalue weighted by Gasteiger charge is 2.16. The highest BCUT2D eigenvalue weighted by molar-refractivity contribution is 5.38. The molecule has 18 heavy (non-hydrogen) atoms. The number of hydrogen-bond donors (Lipinski definition) is 1. The SMILES string of the molecule is CCNc1nc(OCC)nc(N2CCCCC2)n1. The third-order valence-electron chi connectivity index (χ3n) is 2.85. The Morgan fingerprint density at radius 3 is 2.56 bits per heavy atom. The van der Waals surface area contributed by atoms with E-state index in [4.69, 9.17) is 4.74 Å². The summed E-state index contributed by atoms with van der Waals surface area (Å²) in [5, 5.41) is 3.12. The van der Waals surface area contributed by atoms with Gasteiger partial charge in [-0.25, -0.2) is 0 Å². The van der Waals surface area contributed by atoms with E-state index in [0.29, 0.717) is 18.6 Å². The maximum absolute atomic E-state index is 5.40. The second kappa shape index (κ2) is 6.37. The van der Waals surface area contributed by atoms with Crippen molar-refractivity contribution in [3.05, 3.63) is 0 Å². The Hall–Kier alpha value is -1.59. The molecule has 0 aliphatic carbocycles. The molecule has 1 N–H and O–H groups in total. The van der Waals surface area contributed by atoms with Crippen molar-refractivity contribution in [2.24, 2.45) is 0 Å². The van der Waals surface area contributed by atoms with Crippen molar-refractivity contribution in [1.29, 1.82) is 0 Å². The molecule has 0 radical (unpaired) electrons. The first-order valence-electron chi connectivity index (χ1n) is 6.71. The summed E-state index contributed by atoms with van der Waals surface area (Å²) in [5.41, 5.74) is 0. The second-order valence-electron chi connectivity index (χ2n) is 4.25. The van der Waals surface area contributed by atoms with Crippen molar-refractivity contribution in [3.8, 4) is 6.01 Å². The van der Waals surface area contributed by atoms with Gasteiger partial charge in [-0.3, -0.25) is 0 Å². The fourth-order valence-electron chi connectivity index (χ4n) is 2.01. The minimum absolute atomic E-state index is 0.407. The number of anilines is 2. The van der Waals surface area contributed by atoms with E-state index >= 15 is 0 Å². The summed E-state index contributed by atoms with van der Waals surface area (Å²) < 4.78 is 5.40. The largest absolute Gasteiger partial charge is 0.464 e. The number of nitrogens with one attached hydrogen (secondary N) is 1. The molecule has 1 aliphatic rings. The van der Waals surface area contributed by atoms with Crippen LogP contribution in [0.2, 0.25) is 0 Å². The number of nitrogens with zero attached hydrogens (tertiary/aromatic N) is 4. The van der Waals surface area contributed by atoms with E-state index in [2.05, 4.69) is 25.2 Å². The zero-order chi connectivity index (χ0) is 12.8. The predicted molar refractivity (Wildman–Crippen MR) is 71.2 cm³/mol. The Kier molecular flexibility index (Phi) is 4.55. The molecule has 0 bridgehead atoms. The Bertz CT molecular complexity index is 354. The lowest BCUT2D eigenvalue weighted by atomic mass is 10.1. The summed E-state index contributed by atoms with van der Waals surface area (Å²) in [4.78, 5) is 15.2. The standard InChI is InChI=1S/C12H21N5O/c1-3-13-10-14-11(16-12(15-10)18-4-2)17-8-6-5-7-9-17/h3-9H2,1-2H3,(H,13,14,15,16). The average molecular weight is 251 g/mol. The number of hydrogen-bond acceptors (Lipinski definition) is 6. The molecule has 1 fully saturated rings. The van der Waals surface area contributed by atoms with Gasteiger partial charge in [-0.05, 0) is 33.1 Å². The van der Waals surface area contributed by atoms with Crippen molar-refractivity contribution in [1.82, 2.24) is 15.0 Å². The summed E-state index contributed by atoms with van der Waals surface area (Å²) in [7, 11) is 0. The van der Waals surface area contributed by atoms with Crippen molar-refractivity contribution < 1.29 is 4.74 Å². The summed E-state index contributed by atoms with van der Waals surface area (Å²) in [6, 6.07) is 0.407. The third-order valence-corrected chi connectivity index (χ3v) is 2.85. The first-order valence-corrected chi connectivity index (χ1v) is 6.71. The van der Waals surface area contributed by atoms with Crippen LogP contribution in [0.1, 0.15) is 33.1 Å². The fraction of sp³-hybridized carbons (Fsp3) is 0.750. The van der Waals surface area contributed by atoms with Gasteiger partial charge in [0.05, 0.1) is 6.61 Å². The topological polar surface area (TPSA) is 63.2 Å². The van der Waals surface area contributed by atoms with Crippen LogP contribution in [0.4, 0.5) is 11.9 Å². The molecule has 1 aromatic heterocycles. The van der Waals surface area contributed by atoms with Crippen LogP contribution >= 0.6 is 0 Å². The van der Waals surface area contributed by atoms with Crippen LogP contribution in [0.3, 0.4) is 0 Å². The molecule has 6 heteroatoms. The highest BCUT2D eigenvalue weighted by Crippen LogP contribution is 2.19. The van der Waals surface area contributed by atoms with Gasteiger partial charge in [0.1, 0.15) is 0 Å². The molecule has 1 aliphatic heterocycles. The third kappa shape index (κ3) is 3.21. The first-order chi connectivity index (χ1) is 8.83. The van der Waals surface area contributed by atoms with Crippen LogP contribution in [0.25, 0.3) is 0 Å². The summed E-state index contributed by atoms with van der Waals surface area (Å²) in [6.07, 6.45) is 3.69. The number of ether oxygens (including phenoxy) is 1. The van der Waals surface area contributed by atoms with Gasteiger partial charge >= 0.3 is 6.01 Å². The molecule has 2 heterocycles. The summed E-state index contributed by atoms with van der Waals surface area (Å²) in [6.45, 7) is 7.33. The minimum Gasteiger partial charge on any atom is -0.464 e. The zero-order valence-corrected chi connectivity index (χ0v) is 11.1. The molecule has 0 amide bonds. The molecule has 100 valence electrons. The Morgan fingerprint density at radius 2 is 1.89 bits per heavy atom. The van der Waals surface area contributed by atoms with Crippen molar-refractivity contribution in [2.75, 3.05) is 36.5 Å². The van der Waals surface area contributed by atoms with Crippen molar-refractivity contribution >= 4 is 11.9 Å². The molecular weight excluding hydrogens is 230 g/mol. The maximum Gasteiger partial charge on any atom is 0.323 e. The number of piperidine rings is 1. The average Bonchev–Trinajstić information content (AvgIpc) is 2.40. The first kappa shape index (κ1) is 12.9. The zero-order valence-electron chi connectivity index (χ0n) is 11.1. The number of rotatable bonds is 5. The van der Waals surface area contributed by atoms with Crippen molar-refractivity contribution in [3.63, 3.8) is 0 Å². The van der Waals surface area contributed by atoms with Gasteiger partial charge in [0.15, 0.2) is 0 Å². The molecule has 0 atom stereocenters. The van der Waals surface area contributed by atoms with Gasteiger partial charge in [0, 0.05) is 19.6 Å². The highest BCUT2D eigenvalue weighted by atomic mass is 16.5. The van der Waals surface area contributed by atoms with Crippen LogP contribution in [0.15, 0.2) is 0 Å². The Morgan fingerprint density at radius 1 is 1.11 bits per heavy atom. The minimum atomic E-state index is 0.407. The van der Waals surface area contributed by atoms with Gasteiger partial charge in [0.25, 0.3) is 0 Å². The normalized spacial score (nSPS) is 15.6. The monoisotopic (exact) mass is 251 g/mol. The van der Waals surface area contributed by atoms with E-state index in [1.54, 1.807) is 0 Å². The maximum atomic E-state index is 5.40. The predicted octanol–water partition coefficient (Wildman–Crippen LogP) is 1.69. The summed E-state index contributed by atoms with van der Waals surface area (Å²) >= 11 is 0. The van der Waals surface area contributed by atoms with Gasteiger partial charge in [0.2, 0.25) is 11.9 Å². The molecule has 0 spiro atoms. The molecule has 1 saturated heterocycles. The van der Waals surface area contributed by atoms with Gasteiger partial charge in [-0.2, -0.15) is 15.0 Å². The van der Waals surface area contributed by atoms with E-state index < -0.39 is 0 Å². The lowest BCUT2D eigenvalue weighted by molar-refractivity contribution is 0.311. The second-order valence-corrected chi connectivity index (χ2v) is 4.25. The smallest absolute Gasteiger partial charge is 0.323 e. The van der Waals surface area contributed by atoms with Gasteiger partial charge in [-0.1, -0.05) is 0 Å². The van der Waals surface area contributed by atoms with Crippen LogP contribution in [-0.4, -0.2) is 41.2 Å².